The van der Waals surface area contributed by atoms with E-state index >= 15 is 0 Å². The zero-order valence-electron chi connectivity index (χ0n) is 41.4. The van der Waals surface area contributed by atoms with Gasteiger partial charge < -0.3 is 18.9 Å². The fourth-order valence-corrected chi connectivity index (χ4v) is 8.14. The molecule has 0 aliphatic heterocycles. The first-order chi connectivity index (χ1) is 30.0. The van der Waals surface area contributed by atoms with Crippen molar-refractivity contribution in [2.75, 3.05) is 47.5 Å². The molecule has 366 valence electrons. The Kier molecular flexibility index (Phi) is 43.6. The second-order valence-corrected chi connectivity index (χ2v) is 20.4. The van der Waals surface area contributed by atoms with Gasteiger partial charge in [-0.1, -0.05) is 212 Å². The SMILES string of the molecule is CCCCCCC/C=C\C/C=C\CCCCCCCCCCCCCCCCCC(=O)OC(COC(=O)CCCCCCCCCCCCC)COP(=O)(O)OCC[N+](C)(C)C. The lowest BCUT2D eigenvalue weighted by Crippen LogP contribution is -2.37. The molecular weight excluding hydrogens is 798 g/mol. The molecule has 0 radical (unpaired) electrons. The molecule has 9 nitrogen and oxygen atoms in total. The molecule has 0 rings (SSSR count). The van der Waals surface area contributed by atoms with E-state index in [4.69, 9.17) is 18.5 Å². The van der Waals surface area contributed by atoms with Gasteiger partial charge in [0.1, 0.15) is 19.8 Å². The van der Waals surface area contributed by atoms with Crippen molar-refractivity contribution in [2.24, 2.45) is 0 Å². The maximum absolute atomic E-state index is 12.7. The van der Waals surface area contributed by atoms with Gasteiger partial charge in [-0.15, -0.1) is 0 Å². The minimum absolute atomic E-state index is 0.0344. The van der Waals surface area contributed by atoms with E-state index in [-0.39, 0.29) is 25.6 Å². The highest BCUT2D eigenvalue weighted by Crippen LogP contribution is 2.43. The molecule has 0 fully saturated rings. The molecule has 0 aromatic heterocycles. The molecule has 0 spiro atoms. The van der Waals surface area contributed by atoms with Gasteiger partial charge in [0.05, 0.1) is 27.7 Å². The van der Waals surface area contributed by atoms with Crippen LogP contribution in [0.15, 0.2) is 24.3 Å². The number of esters is 2. The Balaban J connectivity index is 4.09. The lowest BCUT2D eigenvalue weighted by molar-refractivity contribution is -0.870. The van der Waals surface area contributed by atoms with E-state index in [1.807, 2.05) is 21.1 Å². The van der Waals surface area contributed by atoms with E-state index in [1.165, 1.54) is 173 Å². The number of carbonyl (C=O) groups is 2. The number of quaternary nitrogens is 1. The van der Waals surface area contributed by atoms with Crippen LogP contribution in [0.5, 0.6) is 0 Å². The summed E-state index contributed by atoms with van der Waals surface area (Å²) < 4.78 is 34.4. The minimum Gasteiger partial charge on any atom is -0.462 e. The third-order valence-electron chi connectivity index (χ3n) is 11.5. The number of rotatable bonds is 48. The number of hydrogen-bond donors (Lipinski definition) is 1. The number of unbranched alkanes of at least 4 members (excludes halogenated alkanes) is 30. The number of likely N-dealkylation sites (N-methyl/N-ethyl adjacent to an activating group) is 1. The van der Waals surface area contributed by atoms with E-state index in [9.17, 15) is 19.0 Å². The zero-order valence-corrected chi connectivity index (χ0v) is 42.3. The number of phosphoric acid groups is 1. The number of ether oxygens (including phenoxy) is 2. The van der Waals surface area contributed by atoms with Gasteiger partial charge >= 0.3 is 19.8 Å². The van der Waals surface area contributed by atoms with Crippen molar-refractivity contribution < 1.29 is 42.1 Å². The van der Waals surface area contributed by atoms with Crippen molar-refractivity contribution in [3.05, 3.63) is 24.3 Å². The number of carbonyl (C=O) groups excluding carboxylic acids is 2. The topological polar surface area (TPSA) is 108 Å². The van der Waals surface area contributed by atoms with Gasteiger partial charge in [0.25, 0.3) is 0 Å². The van der Waals surface area contributed by atoms with Crippen LogP contribution in [-0.2, 0) is 32.7 Å². The number of phosphoric ester groups is 1. The molecule has 0 aromatic rings. The molecule has 0 bridgehead atoms. The van der Waals surface area contributed by atoms with Crippen LogP contribution in [0, 0.1) is 0 Å². The monoisotopic (exact) mass is 899 g/mol. The van der Waals surface area contributed by atoms with Crippen molar-refractivity contribution in [3.63, 3.8) is 0 Å². The third-order valence-corrected chi connectivity index (χ3v) is 12.5. The Morgan fingerprint density at radius 3 is 1.27 bits per heavy atom. The Labute approximate surface area is 383 Å². The van der Waals surface area contributed by atoms with Crippen LogP contribution >= 0.6 is 7.82 Å². The lowest BCUT2D eigenvalue weighted by atomic mass is 10.0. The molecule has 0 aliphatic carbocycles. The predicted molar refractivity (Wildman–Crippen MR) is 261 cm³/mol. The molecule has 0 saturated carbocycles. The largest absolute Gasteiger partial charge is 0.472 e. The normalized spacial score (nSPS) is 13.6. The van der Waals surface area contributed by atoms with E-state index in [0.29, 0.717) is 23.9 Å². The number of allylic oxidation sites excluding steroid dienone is 4. The average Bonchev–Trinajstić information content (AvgIpc) is 3.23. The van der Waals surface area contributed by atoms with Crippen LogP contribution in [0.1, 0.15) is 245 Å². The van der Waals surface area contributed by atoms with Crippen LogP contribution in [0.2, 0.25) is 0 Å². The summed E-state index contributed by atoms with van der Waals surface area (Å²) in [5.74, 6) is -0.788. The second-order valence-electron chi connectivity index (χ2n) is 18.9. The molecule has 0 saturated heterocycles. The van der Waals surface area contributed by atoms with Crippen molar-refractivity contribution in [1.82, 2.24) is 0 Å². The molecule has 0 heterocycles. The van der Waals surface area contributed by atoms with Crippen LogP contribution in [0.4, 0.5) is 0 Å². The summed E-state index contributed by atoms with van der Waals surface area (Å²) in [6.07, 6.45) is 51.0. The van der Waals surface area contributed by atoms with Gasteiger partial charge in [-0.05, 0) is 44.9 Å². The fraction of sp³-hybridized carbons (Fsp3) is 0.885. The molecule has 1 N–H and O–H groups in total. The van der Waals surface area contributed by atoms with Gasteiger partial charge in [-0.3, -0.25) is 18.6 Å². The number of hydrogen-bond acceptors (Lipinski definition) is 7. The van der Waals surface area contributed by atoms with Crippen LogP contribution in [0.3, 0.4) is 0 Å². The summed E-state index contributed by atoms with van der Waals surface area (Å²) in [5.41, 5.74) is 0. The minimum atomic E-state index is -4.37. The van der Waals surface area contributed by atoms with Crippen molar-refractivity contribution in [3.8, 4) is 0 Å². The summed E-state index contributed by atoms with van der Waals surface area (Å²) in [6, 6.07) is 0. The van der Waals surface area contributed by atoms with Gasteiger partial charge in [-0.2, -0.15) is 0 Å². The van der Waals surface area contributed by atoms with Crippen molar-refractivity contribution in [2.45, 2.75) is 251 Å². The summed E-state index contributed by atoms with van der Waals surface area (Å²) in [5, 5.41) is 0. The second kappa shape index (κ2) is 44.7. The van der Waals surface area contributed by atoms with Gasteiger partial charge in [0.15, 0.2) is 6.10 Å². The Bertz CT molecular complexity index is 1110. The standard InChI is InChI=1S/C52H100NO8P/c1-6-8-10-12-14-16-18-19-20-21-22-23-24-25-26-27-28-29-30-31-32-33-35-37-39-41-43-45-52(55)61-50(49-60-62(56,57)59-47-46-53(3,4)5)48-58-51(54)44-42-40-38-36-34-17-15-13-11-9-7-2/h18-19,21-22,50H,6-17,20,23-49H2,1-5H3/p+1/b19-18-,22-21-. The van der Waals surface area contributed by atoms with E-state index < -0.39 is 26.5 Å². The van der Waals surface area contributed by atoms with E-state index in [2.05, 4.69) is 38.2 Å². The predicted octanol–water partition coefficient (Wildman–Crippen LogP) is 15.5. The first-order valence-corrected chi connectivity index (χ1v) is 27.6. The quantitative estimate of drug-likeness (QED) is 0.0211. The van der Waals surface area contributed by atoms with E-state index in [0.717, 1.165) is 38.5 Å². The van der Waals surface area contributed by atoms with Crippen LogP contribution in [-0.4, -0.2) is 74.9 Å². The van der Waals surface area contributed by atoms with Gasteiger partial charge in [0, 0.05) is 12.8 Å². The maximum Gasteiger partial charge on any atom is 0.472 e. The van der Waals surface area contributed by atoms with Gasteiger partial charge in [0.2, 0.25) is 0 Å². The Hall–Kier alpha value is -1.51. The lowest BCUT2D eigenvalue weighted by Gasteiger charge is -2.24. The highest BCUT2D eigenvalue weighted by atomic mass is 31.2. The smallest absolute Gasteiger partial charge is 0.462 e. The third kappa shape index (κ3) is 48.0. The van der Waals surface area contributed by atoms with Crippen LogP contribution in [0.25, 0.3) is 0 Å². The molecule has 2 atom stereocenters. The highest BCUT2D eigenvalue weighted by Gasteiger charge is 2.27. The highest BCUT2D eigenvalue weighted by molar-refractivity contribution is 7.47. The van der Waals surface area contributed by atoms with Gasteiger partial charge in [-0.25, -0.2) is 4.57 Å². The molecule has 0 aromatic carbocycles. The molecule has 0 aliphatic rings. The Morgan fingerprint density at radius 2 is 0.871 bits per heavy atom. The van der Waals surface area contributed by atoms with Crippen LogP contribution < -0.4 is 0 Å². The van der Waals surface area contributed by atoms with Crippen molar-refractivity contribution >= 4 is 19.8 Å². The fourth-order valence-electron chi connectivity index (χ4n) is 7.40. The summed E-state index contributed by atoms with van der Waals surface area (Å²) in [6.45, 7) is 4.44. The molecule has 10 heteroatoms. The summed E-state index contributed by atoms with van der Waals surface area (Å²) in [7, 11) is 1.49. The molecular formula is C52H101NO8P+. The molecule has 2 unspecified atom stereocenters. The zero-order chi connectivity index (χ0) is 45.7. The molecule has 62 heavy (non-hydrogen) atoms. The molecule has 0 amide bonds. The first-order valence-electron chi connectivity index (χ1n) is 26.1. The number of nitrogens with zero attached hydrogens (tertiary/aromatic N) is 1. The van der Waals surface area contributed by atoms with Crippen molar-refractivity contribution in [1.29, 1.82) is 0 Å². The average molecular weight is 899 g/mol. The summed E-state index contributed by atoms with van der Waals surface area (Å²) in [4.78, 5) is 35.4. The first kappa shape index (κ1) is 60.5. The maximum atomic E-state index is 12.7. The van der Waals surface area contributed by atoms with E-state index in [1.54, 1.807) is 0 Å². The summed E-state index contributed by atoms with van der Waals surface area (Å²) >= 11 is 0. The Morgan fingerprint density at radius 1 is 0.500 bits per heavy atom.